The number of hydrogen-bond donors (Lipinski definition) is 3. The van der Waals surface area contributed by atoms with Gasteiger partial charge in [0, 0.05) is 0 Å². The van der Waals surface area contributed by atoms with Crippen LogP contribution in [0.15, 0.2) is 43.0 Å². The maximum absolute atomic E-state index is 13.8. The third-order valence-corrected chi connectivity index (χ3v) is 7.85. The lowest BCUT2D eigenvalue weighted by Crippen LogP contribution is -2.40. The number of esters is 1. The molecular formula is C23H30ClN6O7P. The Labute approximate surface area is 224 Å². The minimum Gasteiger partial charge on any atom is -0.462 e. The number of aromatic nitrogens is 4. The quantitative estimate of drug-likeness (QED) is 0.186. The number of nitrogens with one attached hydrogen (secondary N) is 1. The Morgan fingerprint density at radius 2 is 2.00 bits per heavy atom. The van der Waals surface area contributed by atoms with Gasteiger partial charge in [-0.25, -0.2) is 19.5 Å². The van der Waals surface area contributed by atoms with Crippen molar-refractivity contribution in [3.05, 3.63) is 43.0 Å². The van der Waals surface area contributed by atoms with Gasteiger partial charge >= 0.3 is 13.7 Å². The zero-order valence-corrected chi connectivity index (χ0v) is 22.9. The van der Waals surface area contributed by atoms with E-state index in [4.69, 9.17) is 35.9 Å². The van der Waals surface area contributed by atoms with Crippen molar-refractivity contribution < 1.29 is 33.0 Å². The molecule has 4 N–H and O–H groups in total. The smallest absolute Gasteiger partial charge is 0.459 e. The van der Waals surface area contributed by atoms with Crippen molar-refractivity contribution in [2.24, 2.45) is 0 Å². The van der Waals surface area contributed by atoms with Crippen molar-refractivity contribution in [2.75, 3.05) is 12.3 Å². The molecule has 4 rings (SSSR count). The first-order valence-electron chi connectivity index (χ1n) is 11.8. The number of nitrogens with two attached hydrogens (primary N) is 1. The number of imidazole rings is 1. The van der Waals surface area contributed by atoms with Crippen molar-refractivity contribution >= 4 is 42.3 Å². The molecule has 1 aliphatic heterocycles. The predicted octanol–water partition coefficient (Wildman–Crippen LogP) is 2.80. The molecule has 3 heterocycles. The molecule has 15 heteroatoms. The minimum absolute atomic E-state index is 0.179. The fourth-order valence-electron chi connectivity index (χ4n) is 3.90. The summed E-state index contributed by atoms with van der Waals surface area (Å²) in [6.07, 6.45) is -0.895. The van der Waals surface area contributed by atoms with Crippen molar-refractivity contribution in [2.45, 2.75) is 63.2 Å². The maximum atomic E-state index is 13.8. The molecule has 2 aromatic heterocycles. The molecule has 0 unspecified atom stereocenters. The molecule has 1 aliphatic rings. The fourth-order valence-corrected chi connectivity index (χ4v) is 5.70. The average molecular weight is 569 g/mol. The number of rotatable bonds is 10. The Balaban J connectivity index is 1.54. The van der Waals surface area contributed by atoms with E-state index in [1.807, 2.05) is 0 Å². The zero-order valence-electron chi connectivity index (χ0n) is 21.2. The van der Waals surface area contributed by atoms with Gasteiger partial charge in [0.25, 0.3) is 0 Å². The number of nitrogens with zero attached hydrogens (tertiary/aromatic N) is 4. The summed E-state index contributed by atoms with van der Waals surface area (Å²) in [7, 11) is -4.18. The minimum atomic E-state index is -4.18. The first-order valence-corrected chi connectivity index (χ1v) is 13.8. The Morgan fingerprint density at radius 1 is 1.29 bits per heavy atom. The third kappa shape index (κ3) is 5.93. The Morgan fingerprint density at radius 3 is 2.68 bits per heavy atom. The first-order chi connectivity index (χ1) is 17.9. The monoisotopic (exact) mass is 568 g/mol. The number of para-hydroxylation sites is 1. The molecular weight excluding hydrogens is 539 g/mol. The number of carbonyl (C=O) groups excluding carboxylic acids is 1. The van der Waals surface area contributed by atoms with Crippen LogP contribution >= 0.6 is 19.3 Å². The van der Waals surface area contributed by atoms with Crippen LogP contribution in [0.3, 0.4) is 0 Å². The van der Waals surface area contributed by atoms with E-state index in [-0.39, 0.29) is 17.7 Å². The van der Waals surface area contributed by atoms with Gasteiger partial charge in [0.2, 0.25) is 0 Å². The summed E-state index contributed by atoms with van der Waals surface area (Å²) in [6.45, 7) is 6.06. The standard InChI is InChI=1S/C23H30ClN6O7P/c1-13(2)35-21(32)14(3)29-38(33,37-15-8-6-5-7-9-15)34-10-16-18(31)23(4,24)22(36-16)30-12-28-17-19(25)26-11-27-20(17)30/h5-9,11-14,16,18,22,31H,10H2,1-4H3,(H,29,33)(H2,25,26,27)/t14-,16+,18+,22+,23+,38+/m0/s1. The Kier molecular flexibility index (Phi) is 8.26. The van der Waals surface area contributed by atoms with Crippen LogP contribution in [0, 0.1) is 0 Å². The van der Waals surface area contributed by atoms with E-state index in [0.717, 1.165) is 0 Å². The van der Waals surface area contributed by atoms with Crippen molar-refractivity contribution in [1.82, 2.24) is 24.6 Å². The molecule has 0 spiro atoms. The zero-order chi connectivity index (χ0) is 27.7. The highest BCUT2D eigenvalue weighted by atomic mass is 35.5. The number of alkyl halides is 1. The molecule has 1 saturated heterocycles. The van der Waals surface area contributed by atoms with Crippen LogP contribution in [0.5, 0.6) is 5.75 Å². The Bertz CT molecular complexity index is 1320. The van der Waals surface area contributed by atoms with Crippen LogP contribution in [-0.4, -0.2) is 66.4 Å². The molecule has 0 aliphatic carbocycles. The topological polar surface area (TPSA) is 173 Å². The van der Waals surface area contributed by atoms with Gasteiger partial charge < -0.3 is 24.8 Å². The van der Waals surface area contributed by atoms with Crippen molar-refractivity contribution in [3.63, 3.8) is 0 Å². The van der Waals surface area contributed by atoms with Crippen molar-refractivity contribution in [1.29, 1.82) is 0 Å². The fraction of sp³-hybridized carbons (Fsp3) is 0.478. The van der Waals surface area contributed by atoms with Crippen LogP contribution in [0.4, 0.5) is 5.82 Å². The number of anilines is 1. The van der Waals surface area contributed by atoms with E-state index in [2.05, 4.69) is 20.0 Å². The highest BCUT2D eigenvalue weighted by Gasteiger charge is 2.54. The number of hydrogen-bond acceptors (Lipinski definition) is 11. The van der Waals surface area contributed by atoms with Gasteiger partial charge in [0.05, 0.1) is 19.0 Å². The van der Waals surface area contributed by atoms with E-state index in [0.29, 0.717) is 11.2 Å². The number of nitrogen functional groups attached to an aromatic ring is 1. The van der Waals surface area contributed by atoms with Crippen LogP contribution < -0.4 is 15.3 Å². The normalized spacial score (nSPS) is 25.8. The third-order valence-electron chi connectivity index (χ3n) is 5.79. The number of carbonyl (C=O) groups is 1. The maximum Gasteiger partial charge on any atom is 0.459 e. The summed E-state index contributed by atoms with van der Waals surface area (Å²) in [5.41, 5.74) is 6.60. The van der Waals surface area contributed by atoms with Gasteiger partial charge in [-0.15, -0.1) is 11.6 Å². The van der Waals surface area contributed by atoms with Gasteiger partial charge in [0.1, 0.15) is 40.7 Å². The number of halogens is 1. The molecule has 0 saturated carbocycles. The SMILES string of the molecule is CC(C)OC(=O)[C@H](C)N[P@@](=O)(OC[C@H]1O[C@@H](n2cnc3c(N)ncnc32)[C@](C)(Cl)[C@@H]1O)Oc1ccccc1. The highest BCUT2D eigenvalue weighted by molar-refractivity contribution is 7.52. The summed E-state index contributed by atoms with van der Waals surface area (Å²) in [6, 6.07) is 7.27. The van der Waals surface area contributed by atoms with Crippen molar-refractivity contribution in [3.8, 4) is 5.75 Å². The highest BCUT2D eigenvalue weighted by Crippen LogP contribution is 2.48. The Hall–Kier alpha value is -2.80. The van der Waals surface area contributed by atoms with E-state index in [9.17, 15) is 14.5 Å². The largest absolute Gasteiger partial charge is 0.462 e. The van der Waals surface area contributed by atoms with Crippen LogP contribution in [0.2, 0.25) is 0 Å². The second kappa shape index (κ2) is 11.1. The number of aliphatic hydroxyl groups is 1. The molecule has 0 bridgehead atoms. The number of aliphatic hydroxyl groups excluding tert-OH is 1. The number of ether oxygens (including phenoxy) is 2. The second-order valence-corrected chi connectivity index (χ2v) is 11.7. The molecule has 13 nitrogen and oxygen atoms in total. The summed E-state index contributed by atoms with van der Waals surface area (Å²) in [5, 5.41) is 13.6. The molecule has 0 radical (unpaired) electrons. The number of fused-ring (bicyclic) bond motifs is 1. The van der Waals surface area contributed by atoms with E-state index >= 15 is 0 Å². The van der Waals surface area contributed by atoms with Crippen LogP contribution in [-0.2, 0) is 23.4 Å². The van der Waals surface area contributed by atoms with Gasteiger partial charge in [-0.05, 0) is 39.8 Å². The average Bonchev–Trinajstić information content (AvgIpc) is 3.37. The number of benzene rings is 1. The van der Waals surface area contributed by atoms with Crippen LogP contribution in [0.1, 0.15) is 33.9 Å². The summed E-state index contributed by atoms with van der Waals surface area (Å²) < 4.78 is 37.8. The molecule has 206 valence electrons. The molecule has 6 atom stereocenters. The van der Waals surface area contributed by atoms with E-state index in [1.54, 1.807) is 51.1 Å². The lowest BCUT2D eigenvalue weighted by atomic mass is 10.0. The van der Waals surface area contributed by atoms with Crippen LogP contribution in [0.25, 0.3) is 11.2 Å². The van der Waals surface area contributed by atoms with Gasteiger partial charge in [-0.2, -0.15) is 5.09 Å². The summed E-state index contributed by atoms with van der Waals surface area (Å²) in [4.78, 5) is 23.4. The van der Waals surface area contributed by atoms with E-state index < -0.39 is 49.7 Å². The molecule has 38 heavy (non-hydrogen) atoms. The molecule has 1 fully saturated rings. The predicted molar refractivity (Wildman–Crippen MR) is 138 cm³/mol. The van der Waals surface area contributed by atoms with Gasteiger partial charge in [-0.1, -0.05) is 18.2 Å². The van der Waals surface area contributed by atoms with Gasteiger partial charge in [0.15, 0.2) is 17.7 Å². The summed E-state index contributed by atoms with van der Waals surface area (Å²) in [5.74, 6) is -0.221. The first kappa shape index (κ1) is 28.2. The van der Waals surface area contributed by atoms with Gasteiger partial charge in [-0.3, -0.25) is 13.9 Å². The lowest BCUT2D eigenvalue weighted by Gasteiger charge is -2.26. The molecule has 3 aromatic rings. The molecule has 1 aromatic carbocycles. The second-order valence-electron chi connectivity index (χ2n) is 9.24. The summed E-state index contributed by atoms with van der Waals surface area (Å²) >= 11 is 6.73. The lowest BCUT2D eigenvalue weighted by molar-refractivity contribution is -0.149. The molecule has 0 amide bonds. The van der Waals surface area contributed by atoms with E-state index in [1.165, 1.54) is 24.1 Å².